The van der Waals surface area contributed by atoms with Gasteiger partial charge >= 0.3 is 30.0 Å². The molecule has 0 saturated carbocycles. The van der Waals surface area contributed by atoms with Crippen LogP contribution >= 0.6 is 0 Å². The van der Waals surface area contributed by atoms with Gasteiger partial charge in [0.1, 0.15) is 12.1 Å². The number of carbonyl (C=O) groups excluding carboxylic acids is 4. The average molecular weight is 762 g/mol. The number of hydrogen-bond acceptors (Lipinski definition) is 9. The monoisotopic (exact) mass is 761 g/mol. The number of carbonyl (C=O) groups is 7. The Morgan fingerprint density at radius 1 is 0.833 bits per heavy atom. The predicted molar refractivity (Wildman–Crippen MR) is 189 cm³/mol. The van der Waals surface area contributed by atoms with E-state index in [9.17, 15) is 48.2 Å². The number of benzene rings is 1. The standard InChI is InChI=1S/C34H48FN9O10/c1-3-41(4-2)29(47)22-18-23(20-25(19-22)44-21-24(39-40-44)8-7-12-35)30(48)42-14-16-43(17-15-42)34(54)36-13-6-5-9-26(31(49)50)37-33(53)38-27(32(51)52)10-11-28(45)46/h18-21,26-27H,3-17H2,1-2H3,(H,36,54)(H,45,46)(H,49,50)(H,51,52)(H2,37,38,53)/t26-,27-/m0/s1. The molecule has 1 aromatic carbocycles. The summed E-state index contributed by atoms with van der Waals surface area (Å²) in [6, 6.07) is 0.471. The summed E-state index contributed by atoms with van der Waals surface area (Å²) in [6.07, 6.45) is 2.05. The minimum absolute atomic E-state index is 0.0209. The molecule has 0 unspecified atom stereocenters. The third-order valence-corrected chi connectivity index (χ3v) is 8.74. The van der Waals surface area contributed by atoms with E-state index in [4.69, 9.17) is 5.11 Å². The summed E-state index contributed by atoms with van der Waals surface area (Å²) in [5.74, 6) is -4.65. The number of carboxylic acid groups (broad SMARTS) is 3. The van der Waals surface area contributed by atoms with E-state index in [1.807, 2.05) is 13.8 Å². The maximum atomic E-state index is 13.7. The van der Waals surface area contributed by atoms with Crippen LogP contribution in [0.2, 0.25) is 0 Å². The van der Waals surface area contributed by atoms with E-state index in [1.54, 1.807) is 39.1 Å². The van der Waals surface area contributed by atoms with Crippen molar-refractivity contribution in [3.63, 3.8) is 0 Å². The smallest absolute Gasteiger partial charge is 0.326 e. The Labute approximate surface area is 310 Å². The van der Waals surface area contributed by atoms with Crippen molar-refractivity contribution in [1.82, 2.24) is 45.6 Å². The van der Waals surface area contributed by atoms with E-state index in [0.717, 1.165) is 0 Å². The van der Waals surface area contributed by atoms with Crippen LogP contribution < -0.4 is 16.0 Å². The number of piperazine rings is 1. The molecule has 19 nitrogen and oxygen atoms in total. The van der Waals surface area contributed by atoms with Gasteiger partial charge in [0.05, 0.1) is 24.3 Å². The van der Waals surface area contributed by atoms with E-state index < -0.39 is 49.1 Å². The highest BCUT2D eigenvalue weighted by Gasteiger charge is 2.28. The molecule has 6 N–H and O–H groups in total. The molecule has 1 aliphatic heterocycles. The second kappa shape index (κ2) is 21.0. The number of aliphatic carboxylic acids is 3. The number of aromatic nitrogens is 3. The number of nitrogens with zero attached hydrogens (tertiary/aromatic N) is 6. The number of rotatable bonds is 20. The molecule has 1 aliphatic rings. The number of amides is 6. The van der Waals surface area contributed by atoms with Crippen LogP contribution in [-0.4, -0.2) is 151 Å². The van der Waals surface area contributed by atoms with Crippen LogP contribution in [0.25, 0.3) is 5.69 Å². The van der Waals surface area contributed by atoms with Gasteiger partial charge in [-0.25, -0.2) is 23.9 Å². The third kappa shape index (κ3) is 12.7. The molecule has 1 saturated heterocycles. The van der Waals surface area contributed by atoms with E-state index in [0.29, 0.717) is 49.3 Å². The molecule has 20 heteroatoms. The Morgan fingerprint density at radius 3 is 2.04 bits per heavy atom. The highest BCUT2D eigenvalue weighted by molar-refractivity contribution is 6.00. The van der Waals surface area contributed by atoms with Crippen LogP contribution in [0.1, 0.15) is 78.8 Å². The first-order chi connectivity index (χ1) is 25.8. The van der Waals surface area contributed by atoms with Gasteiger partial charge in [0, 0.05) is 63.4 Å². The van der Waals surface area contributed by atoms with Crippen molar-refractivity contribution >= 4 is 41.8 Å². The van der Waals surface area contributed by atoms with E-state index in [1.165, 1.54) is 4.68 Å². The minimum atomic E-state index is -1.52. The highest BCUT2D eigenvalue weighted by Crippen LogP contribution is 2.19. The zero-order valence-corrected chi connectivity index (χ0v) is 30.3. The molecule has 1 aromatic heterocycles. The zero-order valence-electron chi connectivity index (χ0n) is 30.3. The van der Waals surface area contributed by atoms with Crippen LogP contribution in [0.3, 0.4) is 0 Å². The number of urea groups is 2. The number of halogens is 1. The zero-order chi connectivity index (χ0) is 39.8. The molecule has 0 bridgehead atoms. The Kier molecular flexibility index (Phi) is 16.6. The number of nitrogens with one attached hydrogen (secondary N) is 3. The van der Waals surface area contributed by atoms with Gasteiger partial charge in [-0.15, -0.1) is 5.10 Å². The number of hydrogen-bond donors (Lipinski definition) is 6. The lowest BCUT2D eigenvalue weighted by Crippen LogP contribution is -2.53. The summed E-state index contributed by atoms with van der Waals surface area (Å²) in [4.78, 5) is 90.5. The van der Waals surface area contributed by atoms with Crippen molar-refractivity contribution in [1.29, 1.82) is 0 Å². The highest BCUT2D eigenvalue weighted by atomic mass is 19.1. The Bertz CT molecular complexity index is 1640. The first-order valence-corrected chi connectivity index (χ1v) is 17.8. The molecule has 0 radical (unpaired) electrons. The fourth-order valence-electron chi connectivity index (χ4n) is 5.69. The van der Waals surface area contributed by atoms with Gasteiger partial charge in [-0.3, -0.25) is 18.8 Å². The molecule has 296 valence electrons. The second-order valence-electron chi connectivity index (χ2n) is 12.5. The van der Waals surface area contributed by atoms with Gasteiger partial charge in [-0.1, -0.05) is 5.21 Å². The molecule has 1 fully saturated rings. The number of unbranched alkanes of at least 4 members (excludes halogenated alkanes) is 1. The fraction of sp³-hybridized carbons (Fsp3) is 0.559. The molecule has 3 rings (SSSR count). The summed E-state index contributed by atoms with van der Waals surface area (Å²) in [7, 11) is 0. The lowest BCUT2D eigenvalue weighted by molar-refractivity contribution is -0.140. The van der Waals surface area contributed by atoms with Crippen molar-refractivity contribution in [2.45, 2.75) is 70.9 Å². The van der Waals surface area contributed by atoms with Crippen molar-refractivity contribution < 1.29 is 53.3 Å². The van der Waals surface area contributed by atoms with Crippen LogP contribution in [0.5, 0.6) is 0 Å². The lowest BCUT2D eigenvalue weighted by Gasteiger charge is -2.35. The number of alkyl halides is 1. The molecule has 2 atom stereocenters. The molecule has 0 aliphatic carbocycles. The minimum Gasteiger partial charge on any atom is -0.481 e. The maximum absolute atomic E-state index is 13.7. The van der Waals surface area contributed by atoms with Crippen molar-refractivity contribution in [2.24, 2.45) is 0 Å². The SMILES string of the molecule is CCN(CC)C(=O)c1cc(C(=O)N2CCN(C(=O)NCCCC[C@H](NC(=O)N[C@@H](CCC(=O)O)C(=O)O)C(=O)O)CC2)cc(-n2cc(CCCF)nn2)c1. The molecule has 2 aromatic rings. The largest absolute Gasteiger partial charge is 0.481 e. The van der Waals surface area contributed by atoms with Crippen molar-refractivity contribution in [2.75, 3.05) is 52.5 Å². The summed E-state index contributed by atoms with van der Waals surface area (Å²) in [6.45, 7) is 5.25. The van der Waals surface area contributed by atoms with Crippen LogP contribution in [0, 0.1) is 0 Å². The van der Waals surface area contributed by atoms with Crippen molar-refractivity contribution in [3.05, 3.63) is 41.2 Å². The second-order valence-corrected chi connectivity index (χ2v) is 12.5. The Balaban J connectivity index is 1.53. The quantitative estimate of drug-likeness (QED) is 0.105. The Hall–Kier alpha value is -5.82. The van der Waals surface area contributed by atoms with Gasteiger partial charge in [0.2, 0.25) is 0 Å². The maximum Gasteiger partial charge on any atom is 0.326 e. The fourth-order valence-corrected chi connectivity index (χ4v) is 5.69. The van der Waals surface area contributed by atoms with E-state index in [-0.39, 0.29) is 75.4 Å². The van der Waals surface area contributed by atoms with Crippen LogP contribution in [-0.2, 0) is 20.8 Å². The summed E-state index contributed by atoms with van der Waals surface area (Å²) < 4.78 is 14.1. The van der Waals surface area contributed by atoms with Gasteiger partial charge in [-0.2, -0.15) is 0 Å². The lowest BCUT2D eigenvalue weighted by atomic mass is 10.1. The van der Waals surface area contributed by atoms with Gasteiger partial charge in [0.25, 0.3) is 11.8 Å². The summed E-state index contributed by atoms with van der Waals surface area (Å²) in [5.41, 5.74) is 1.57. The molecule has 2 heterocycles. The molecule has 0 spiro atoms. The predicted octanol–water partition coefficient (Wildman–Crippen LogP) is 1.36. The van der Waals surface area contributed by atoms with Crippen LogP contribution in [0.15, 0.2) is 24.4 Å². The van der Waals surface area contributed by atoms with Gasteiger partial charge < -0.3 is 46.0 Å². The first-order valence-electron chi connectivity index (χ1n) is 17.8. The van der Waals surface area contributed by atoms with Gasteiger partial charge in [0.15, 0.2) is 0 Å². The van der Waals surface area contributed by atoms with Gasteiger partial charge in [-0.05, 0) is 70.6 Å². The number of carboxylic acids is 3. The topological polar surface area (TPSA) is 257 Å². The third-order valence-electron chi connectivity index (χ3n) is 8.74. The van der Waals surface area contributed by atoms with E-state index >= 15 is 0 Å². The molecule has 6 amide bonds. The van der Waals surface area contributed by atoms with E-state index in [2.05, 4.69) is 26.3 Å². The normalized spacial score (nSPS) is 13.8. The average Bonchev–Trinajstić information content (AvgIpc) is 3.63. The number of aryl methyl sites for hydroxylation is 1. The summed E-state index contributed by atoms with van der Waals surface area (Å²) >= 11 is 0. The van der Waals surface area contributed by atoms with Crippen LogP contribution in [0.4, 0.5) is 14.0 Å². The van der Waals surface area contributed by atoms with Crippen molar-refractivity contribution in [3.8, 4) is 5.69 Å². The summed E-state index contributed by atoms with van der Waals surface area (Å²) in [5, 5.41) is 42.6. The Morgan fingerprint density at radius 2 is 1.44 bits per heavy atom. The molecular weight excluding hydrogens is 713 g/mol. The first kappa shape index (κ1) is 42.6. The molecule has 54 heavy (non-hydrogen) atoms. The molecular formula is C34H48FN9O10.